The van der Waals surface area contributed by atoms with Gasteiger partial charge in [-0.15, -0.1) is 24.9 Å². The summed E-state index contributed by atoms with van der Waals surface area (Å²) in [5.74, 6) is -0.865. The van der Waals surface area contributed by atoms with Crippen LogP contribution in [0.3, 0.4) is 0 Å². The molecule has 3 aliphatic rings. The van der Waals surface area contributed by atoms with Crippen molar-refractivity contribution in [1.29, 1.82) is 0 Å². The lowest BCUT2D eigenvalue weighted by atomic mass is 9.65. The van der Waals surface area contributed by atoms with Gasteiger partial charge in [0.2, 0.25) is 17.7 Å². The monoisotopic (exact) mass is 597 g/mol. The minimum atomic E-state index is -0.745. The number of rotatable bonds is 15. The number of unbranched alkanes of at least 4 members (excludes halogenated alkanes) is 1. The quantitative estimate of drug-likeness (QED) is 0.299. The van der Waals surface area contributed by atoms with Crippen LogP contribution in [0.5, 0.6) is 5.75 Å². The molecule has 2 bridgehead atoms. The molecule has 0 aliphatic carbocycles. The molecule has 42 heavy (non-hydrogen) atoms. The van der Waals surface area contributed by atoms with Gasteiger partial charge in [0.05, 0.1) is 35.8 Å². The van der Waals surface area contributed by atoms with Crippen LogP contribution in [0.25, 0.3) is 0 Å². The summed E-state index contributed by atoms with van der Waals surface area (Å²) in [5.41, 5.74) is 0.715. The molecule has 9 heteroatoms. The van der Waals surface area contributed by atoms with Crippen molar-refractivity contribution < 1.29 is 24.2 Å². The van der Waals surface area contributed by atoms with Crippen molar-refractivity contribution >= 4 is 35.2 Å². The van der Waals surface area contributed by atoms with Crippen LogP contribution in [-0.4, -0.2) is 87.6 Å². The molecule has 1 spiro atoms. The van der Waals surface area contributed by atoms with E-state index in [2.05, 4.69) is 27.0 Å². The van der Waals surface area contributed by atoms with E-state index in [1.807, 2.05) is 43.0 Å². The molecule has 0 saturated carbocycles. The number of benzene rings is 1. The highest BCUT2D eigenvalue weighted by atomic mass is 32.2. The van der Waals surface area contributed by atoms with Gasteiger partial charge < -0.3 is 24.5 Å². The Labute approximate surface area is 255 Å². The number of carbonyl (C=O) groups is 3. The predicted molar refractivity (Wildman–Crippen MR) is 169 cm³/mol. The number of fused-ring (bicyclic) bond motifs is 1. The Morgan fingerprint density at radius 3 is 2.43 bits per heavy atom. The number of likely N-dealkylation sites (tertiary alicyclic amines) is 1. The first-order chi connectivity index (χ1) is 20.2. The molecule has 3 heterocycles. The summed E-state index contributed by atoms with van der Waals surface area (Å²) >= 11 is 1.66. The molecule has 3 fully saturated rings. The molecule has 1 aromatic rings. The lowest BCUT2D eigenvalue weighted by Crippen LogP contribution is -2.59. The number of hydrogen-bond acceptors (Lipinski definition) is 6. The summed E-state index contributed by atoms with van der Waals surface area (Å²) in [7, 11) is 0. The standard InChI is InChI=1S/C33H47N3O5S/c1-7-12-19-34(17-8-2)32(40)29-33-22(6)20-26(42-33)27(28(33)31(39)36(29)23(10-4)21-37)30(38)35(18-9-3)24-13-15-25(16-14-24)41-11-5/h8-9,13-16,22-23,26-29,37H,2-3,7,10-12,17-21H2,1,4-6H3/t22?,23-,26-,27+,28-,29?,33?/m0/s1. The lowest BCUT2D eigenvalue weighted by Gasteiger charge is -2.42. The predicted octanol–water partition coefficient (Wildman–Crippen LogP) is 4.53. The van der Waals surface area contributed by atoms with E-state index < -0.39 is 28.7 Å². The van der Waals surface area contributed by atoms with Crippen LogP contribution in [0.15, 0.2) is 49.6 Å². The van der Waals surface area contributed by atoms with Crippen LogP contribution in [0.4, 0.5) is 5.69 Å². The number of anilines is 1. The van der Waals surface area contributed by atoms with Gasteiger partial charge in [-0.2, -0.15) is 0 Å². The van der Waals surface area contributed by atoms with E-state index in [1.54, 1.807) is 33.7 Å². The highest BCUT2D eigenvalue weighted by Crippen LogP contribution is 2.69. The van der Waals surface area contributed by atoms with Crippen molar-refractivity contribution in [2.75, 3.05) is 37.7 Å². The lowest BCUT2D eigenvalue weighted by molar-refractivity contribution is -0.145. The highest BCUT2D eigenvalue weighted by Gasteiger charge is 2.77. The maximum Gasteiger partial charge on any atom is 0.247 e. The largest absolute Gasteiger partial charge is 0.494 e. The maximum absolute atomic E-state index is 14.5. The second-order valence-corrected chi connectivity index (χ2v) is 13.2. The molecule has 0 aromatic heterocycles. The molecule has 3 saturated heterocycles. The maximum atomic E-state index is 14.5. The van der Waals surface area contributed by atoms with Gasteiger partial charge in [-0.1, -0.05) is 39.3 Å². The Balaban J connectivity index is 1.78. The van der Waals surface area contributed by atoms with Crippen molar-refractivity contribution in [3.8, 4) is 5.75 Å². The van der Waals surface area contributed by atoms with E-state index in [0.717, 1.165) is 25.0 Å². The number of carbonyl (C=O) groups excluding carboxylic acids is 3. The van der Waals surface area contributed by atoms with Gasteiger partial charge >= 0.3 is 0 Å². The summed E-state index contributed by atoms with van der Waals surface area (Å²) in [4.78, 5) is 48.7. The minimum Gasteiger partial charge on any atom is -0.494 e. The fraction of sp³-hybridized carbons (Fsp3) is 0.606. The number of aliphatic hydroxyl groups is 1. The van der Waals surface area contributed by atoms with Gasteiger partial charge in [0, 0.05) is 30.6 Å². The highest BCUT2D eigenvalue weighted by molar-refractivity contribution is 8.02. The topological polar surface area (TPSA) is 90.4 Å². The van der Waals surface area contributed by atoms with Crippen molar-refractivity contribution in [3.05, 3.63) is 49.6 Å². The van der Waals surface area contributed by atoms with E-state index in [-0.39, 0.29) is 35.5 Å². The van der Waals surface area contributed by atoms with Crippen LogP contribution in [0.1, 0.15) is 53.4 Å². The van der Waals surface area contributed by atoms with Crippen molar-refractivity contribution in [2.45, 2.75) is 75.5 Å². The van der Waals surface area contributed by atoms with Crippen LogP contribution in [-0.2, 0) is 14.4 Å². The van der Waals surface area contributed by atoms with E-state index in [4.69, 9.17) is 4.74 Å². The summed E-state index contributed by atoms with van der Waals surface area (Å²) in [5, 5.41) is 10.3. The van der Waals surface area contributed by atoms with Crippen LogP contribution >= 0.6 is 11.8 Å². The van der Waals surface area contributed by atoms with E-state index in [0.29, 0.717) is 38.3 Å². The van der Waals surface area contributed by atoms with Gasteiger partial charge in [-0.3, -0.25) is 14.4 Å². The van der Waals surface area contributed by atoms with Gasteiger partial charge in [0.1, 0.15) is 11.8 Å². The van der Waals surface area contributed by atoms with Crippen LogP contribution < -0.4 is 9.64 Å². The molecule has 3 amide bonds. The van der Waals surface area contributed by atoms with Gasteiger partial charge in [-0.05, 0) is 56.4 Å². The fourth-order valence-corrected chi connectivity index (χ4v) is 9.71. The Morgan fingerprint density at radius 2 is 1.86 bits per heavy atom. The van der Waals surface area contributed by atoms with E-state index >= 15 is 0 Å². The molecular weight excluding hydrogens is 550 g/mol. The molecule has 0 radical (unpaired) electrons. The number of nitrogens with zero attached hydrogens (tertiary/aromatic N) is 3. The first-order valence-electron chi connectivity index (χ1n) is 15.4. The Hall–Kier alpha value is -2.78. The summed E-state index contributed by atoms with van der Waals surface area (Å²) in [6, 6.07) is 6.16. The zero-order valence-electron chi connectivity index (χ0n) is 25.5. The number of ether oxygens (including phenoxy) is 1. The SMILES string of the molecule is C=CCN(CCCC)C(=O)C1N([C@@H](CC)CO)C(=O)[C@@H]2[C@H](C(=O)N(CC=C)c3ccc(OCC)cc3)[C@@H]3CC(C)C12S3. The van der Waals surface area contributed by atoms with Crippen molar-refractivity contribution in [1.82, 2.24) is 9.80 Å². The smallest absolute Gasteiger partial charge is 0.247 e. The molecular formula is C33H47N3O5S. The van der Waals surface area contributed by atoms with Crippen LogP contribution in [0, 0.1) is 17.8 Å². The number of amides is 3. The number of hydrogen-bond donors (Lipinski definition) is 1. The van der Waals surface area contributed by atoms with Crippen molar-refractivity contribution in [2.24, 2.45) is 17.8 Å². The fourth-order valence-electron chi connectivity index (χ4n) is 7.32. The Morgan fingerprint density at radius 1 is 1.17 bits per heavy atom. The number of aliphatic hydroxyl groups excluding tert-OH is 1. The summed E-state index contributed by atoms with van der Waals surface area (Å²) < 4.78 is 4.85. The molecule has 1 aromatic carbocycles. The van der Waals surface area contributed by atoms with Crippen LogP contribution in [0.2, 0.25) is 0 Å². The molecule has 230 valence electrons. The van der Waals surface area contributed by atoms with Crippen molar-refractivity contribution in [3.63, 3.8) is 0 Å². The molecule has 3 unspecified atom stereocenters. The third kappa shape index (κ3) is 5.39. The first-order valence-corrected chi connectivity index (χ1v) is 16.3. The van der Waals surface area contributed by atoms with Gasteiger partial charge in [0.15, 0.2) is 0 Å². The molecule has 3 aliphatic heterocycles. The number of thioether (sulfide) groups is 1. The summed E-state index contributed by atoms with van der Waals surface area (Å²) in [6.07, 6.45) is 6.47. The zero-order chi connectivity index (χ0) is 30.6. The molecule has 1 N–H and O–H groups in total. The zero-order valence-corrected chi connectivity index (χ0v) is 26.4. The van der Waals surface area contributed by atoms with E-state index in [9.17, 15) is 19.5 Å². The Kier molecular flexibility index (Phi) is 10.5. The average molecular weight is 598 g/mol. The molecule has 8 nitrogen and oxygen atoms in total. The molecule has 7 atom stereocenters. The average Bonchev–Trinajstić information content (AvgIpc) is 3.58. The van der Waals surface area contributed by atoms with E-state index in [1.165, 1.54) is 0 Å². The summed E-state index contributed by atoms with van der Waals surface area (Å²) in [6.45, 7) is 17.4. The minimum absolute atomic E-state index is 0.0516. The third-order valence-corrected chi connectivity index (χ3v) is 11.3. The Bertz CT molecular complexity index is 1150. The van der Waals surface area contributed by atoms with Gasteiger partial charge in [0.25, 0.3) is 0 Å². The first kappa shape index (κ1) is 32.1. The van der Waals surface area contributed by atoms with Gasteiger partial charge in [-0.25, -0.2) is 0 Å². The third-order valence-electron chi connectivity index (χ3n) is 9.26. The second kappa shape index (κ2) is 13.7. The molecule has 4 rings (SSSR count). The normalized spacial score (nSPS) is 28.4. The second-order valence-electron chi connectivity index (χ2n) is 11.6.